The van der Waals surface area contributed by atoms with Crippen molar-refractivity contribution in [3.05, 3.63) is 22.7 Å². The molecule has 1 N–H and O–H groups in total. The van der Waals surface area contributed by atoms with Gasteiger partial charge in [-0.1, -0.05) is 38.3 Å². The first-order chi connectivity index (χ1) is 9.91. The van der Waals surface area contributed by atoms with Crippen molar-refractivity contribution in [1.82, 2.24) is 14.9 Å². The van der Waals surface area contributed by atoms with Gasteiger partial charge in [-0.2, -0.15) is 0 Å². The first kappa shape index (κ1) is 16.2. The van der Waals surface area contributed by atoms with Gasteiger partial charge in [-0.05, 0) is 12.8 Å². The molecule has 0 saturated heterocycles. The van der Waals surface area contributed by atoms with E-state index < -0.39 is 6.10 Å². The molecule has 1 fully saturated rings. The number of carbonyl (C=O) groups excluding carboxylic acids is 1. The van der Waals surface area contributed by atoms with Gasteiger partial charge in [-0.15, -0.1) is 0 Å². The molecule has 2 atom stereocenters. The van der Waals surface area contributed by atoms with Crippen LogP contribution >= 0.6 is 11.6 Å². The molecule has 2 rings (SSSR count). The average Bonchev–Trinajstić information content (AvgIpc) is 2.46. The van der Waals surface area contributed by atoms with Crippen LogP contribution in [-0.4, -0.2) is 45.1 Å². The van der Waals surface area contributed by atoms with Crippen molar-refractivity contribution in [2.24, 2.45) is 0 Å². The Bertz CT molecular complexity index is 522. The number of rotatable bonds is 3. The molecule has 2 unspecified atom stereocenters. The molecule has 1 aromatic heterocycles. The highest BCUT2D eigenvalue weighted by molar-refractivity contribution is 6.33. The number of carbonyl (C=O) groups is 1. The third-order valence-electron chi connectivity index (χ3n) is 3.99. The summed E-state index contributed by atoms with van der Waals surface area (Å²) < 4.78 is 0. The van der Waals surface area contributed by atoms with Gasteiger partial charge in [-0.25, -0.2) is 9.97 Å². The predicted octanol–water partition coefficient (Wildman–Crippen LogP) is 2.63. The van der Waals surface area contributed by atoms with Gasteiger partial charge in [0.25, 0.3) is 5.91 Å². The molecule has 1 aliphatic rings. The molecule has 1 amide bonds. The van der Waals surface area contributed by atoms with Gasteiger partial charge in [0.15, 0.2) is 5.69 Å². The highest BCUT2D eigenvalue weighted by atomic mass is 35.5. The Morgan fingerprint density at radius 3 is 2.71 bits per heavy atom. The van der Waals surface area contributed by atoms with Gasteiger partial charge in [0.1, 0.15) is 5.82 Å². The Hall–Kier alpha value is -1.20. The van der Waals surface area contributed by atoms with Crippen molar-refractivity contribution in [3.8, 4) is 0 Å². The quantitative estimate of drug-likeness (QED) is 0.932. The number of nitrogens with zero attached hydrogens (tertiary/aromatic N) is 3. The predicted molar refractivity (Wildman–Crippen MR) is 81.5 cm³/mol. The fourth-order valence-corrected chi connectivity index (χ4v) is 2.84. The van der Waals surface area contributed by atoms with Crippen molar-refractivity contribution >= 4 is 17.5 Å². The van der Waals surface area contributed by atoms with Crippen LogP contribution in [0, 0.1) is 0 Å². The van der Waals surface area contributed by atoms with E-state index in [-0.39, 0.29) is 28.6 Å². The largest absolute Gasteiger partial charge is 0.391 e. The number of hydrogen-bond acceptors (Lipinski definition) is 4. The monoisotopic (exact) mass is 311 g/mol. The molecule has 0 bridgehead atoms. The summed E-state index contributed by atoms with van der Waals surface area (Å²) in [6.07, 6.45) is 4.57. The molecular weight excluding hydrogens is 290 g/mol. The SMILES string of the molecule is CC(C)c1ncc(Cl)c(C(=O)N(C)C2CCCCC2O)n1. The minimum Gasteiger partial charge on any atom is -0.391 e. The number of amides is 1. The molecule has 0 aromatic carbocycles. The van der Waals surface area contributed by atoms with E-state index in [0.29, 0.717) is 5.82 Å². The summed E-state index contributed by atoms with van der Waals surface area (Å²) in [6.45, 7) is 3.93. The summed E-state index contributed by atoms with van der Waals surface area (Å²) in [5.74, 6) is 0.468. The number of aliphatic hydroxyl groups excluding tert-OH is 1. The minimum atomic E-state index is -0.474. The molecule has 0 spiro atoms. The number of aromatic nitrogens is 2. The maximum Gasteiger partial charge on any atom is 0.274 e. The Balaban J connectivity index is 2.24. The molecule has 116 valence electrons. The zero-order chi connectivity index (χ0) is 15.6. The van der Waals surface area contributed by atoms with Crippen molar-refractivity contribution in [1.29, 1.82) is 0 Å². The minimum absolute atomic E-state index is 0.124. The highest BCUT2D eigenvalue weighted by Gasteiger charge is 2.31. The van der Waals surface area contributed by atoms with Gasteiger partial charge in [0, 0.05) is 13.0 Å². The van der Waals surface area contributed by atoms with Gasteiger partial charge in [0.05, 0.1) is 23.4 Å². The van der Waals surface area contributed by atoms with Crippen LogP contribution in [0.5, 0.6) is 0 Å². The summed E-state index contributed by atoms with van der Waals surface area (Å²) in [5, 5.41) is 10.3. The van der Waals surface area contributed by atoms with E-state index in [1.807, 2.05) is 13.8 Å². The van der Waals surface area contributed by atoms with Crippen LogP contribution < -0.4 is 0 Å². The van der Waals surface area contributed by atoms with Crippen molar-refractivity contribution in [2.75, 3.05) is 7.05 Å². The summed E-state index contributed by atoms with van der Waals surface area (Å²) in [6, 6.07) is -0.167. The molecule has 5 nitrogen and oxygen atoms in total. The lowest BCUT2D eigenvalue weighted by Crippen LogP contribution is -2.46. The molecule has 0 aliphatic heterocycles. The Kier molecular flexibility index (Phi) is 5.17. The number of likely N-dealkylation sites (N-methyl/N-ethyl adjacent to an activating group) is 1. The molecule has 1 aliphatic carbocycles. The van der Waals surface area contributed by atoms with E-state index in [9.17, 15) is 9.90 Å². The van der Waals surface area contributed by atoms with Crippen LogP contribution in [0.4, 0.5) is 0 Å². The second-order valence-corrected chi connectivity index (χ2v) is 6.32. The zero-order valence-electron chi connectivity index (χ0n) is 12.7. The van der Waals surface area contributed by atoms with Gasteiger partial charge in [0.2, 0.25) is 0 Å². The fraction of sp³-hybridized carbons (Fsp3) is 0.667. The molecule has 1 saturated carbocycles. The van der Waals surface area contributed by atoms with Gasteiger partial charge < -0.3 is 10.0 Å². The van der Waals surface area contributed by atoms with E-state index in [4.69, 9.17) is 11.6 Å². The normalized spacial score (nSPS) is 22.4. The van der Waals surface area contributed by atoms with E-state index in [1.54, 1.807) is 11.9 Å². The topological polar surface area (TPSA) is 66.3 Å². The summed E-state index contributed by atoms with van der Waals surface area (Å²) in [5.41, 5.74) is 0.218. The number of hydrogen-bond donors (Lipinski definition) is 1. The second kappa shape index (κ2) is 6.71. The lowest BCUT2D eigenvalue weighted by Gasteiger charge is -2.35. The van der Waals surface area contributed by atoms with Crippen LogP contribution in [0.3, 0.4) is 0 Å². The van der Waals surface area contributed by atoms with E-state index in [2.05, 4.69) is 9.97 Å². The second-order valence-electron chi connectivity index (χ2n) is 5.91. The van der Waals surface area contributed by atoms with Crippen LogP contribution in [0.2, 0.25) is 5.02 Å². The van der Waals surface area contributed by atoms with Crippen LogP contribution in [0.15, 0.2) is 6.20 Å². The number of aliphatic hydroxyl groups is 1. The van der Waals surface area contributed by atoms with Crippen molar-refractivity contribution < 1.29 is 9.90 Å². The van der Waals surface area contributed by atoms with E-state index in [0.717, 1.165) is 25.7 Å². The Labute approximate surface area is 130 Å². The summed E-state index contributed by atoms with van der Waals surface area (Å²) in [4.78, 5) is 22.6. The summed E-state index contributed by atoms with van der Waals surface area (Å²) >= 11 is 6.08. The van der Waals surface area contributed by atoms with E-state index in [1.165, 1.54) is 6.20 Å². The molecule has 0 radical (unpaired) electrons. The smallest absolute Gasteiger partial charge is 0.274 e. The van der Waals surface area contributed by atoms with E-state index >= 15 is 0 Å². The molecule has 6 heteroatoms. The maximum absolute atomic E-state index is 12.6. The van der Waals surface area contributed by atoms with Crippen LogP contribution in [0.25, 0.3) is 0 Å². The highest BCUT2D eigenvalue weighted by Crippen LogP contribution is 2.25. The molecule has 1 aromatic rings. The summed E-state index contributed by atoms with van der Waals surface area (Å²) in [7, 11) is 1.70. The molecular formula is C15H22ClN3O2. The van der Waals surface area contributed by atoms with Crippen LogP contribution in [0.1, 0.15) is 61.8 Å². The Morgan fingerprint density at radius 1 is 1.43 bits per heavy atom. The fourth-order valence-electron chi connectivity index (χ4n) is 2.67. The van der Waals surface area contributed by atoms with Crippen molar-refractivity contribution in [2.45, 2.75) is 57.6 Å². The van der Waals surface area contributed by atoms with Gasteiger partial charge in [-0.3, -0.25) is 4.79 Å². The zero-order valence-corrected chi connectivity index (χ0v) is 13.5. The third kappa shape index (κ3) is 3.52. The van der Waals surface area contributed by atoms with Gasteiger partial charge >= 0.3 is 0 Å². The third-order valence-corrected chi connectivity index (χ3v) is 4.27. The van der Waals surface area contributed by atoms with Crippen LogP contribution in [-0.2, 0) is 0 Å². The lowest BCUT2D eigenvalue weighted by molar-refractivity contribution is 0.0264. The molecule has 21 heavy (non-hydrogen) atoms. The van der Waals surface area contributed by atoms with Crippen molar-refractivity contribution in [3.63, 3.8) is 0 Å². The molecule has 1 heterocycles. The first-order valence-corrected chi connectivity index (χ1v) is 7.77. The lowest BCUT2D eigenvalue weighted by atomic mass is 9.91. The maximum atomic E-state index is 12.6. The average molecular weight is 312 g/mol. The Morgan fingerprint density at radius 2 is 2.10 bits per heavy atom. The first-order valence-electron chi connectivity index (χ1n) is 7.39. The number of halogens is 1. The standard InChI is InChI=1S/C15H22ClN3O2/c1-9(2)14-17-8-10(16)13(18-14)15(21)19(3)11-6-4-5-7-12(11)20/h8-9,11-12,20H,4-7H2,1-3H3.